The molecule has 1 saturated carbocycles. The third-order valence-electron chi connectivity index (χ3n) is 5.35. The number of hydrogen-bond donors (Lipinski definition) is 1. The number of amides is 1. The van der Waals surface area contributed by atoms with Crippen molar-refractivity contribution in [3.05, 3.63) is 65.6 Å². The van der Waals surface area contributed by atoms with E-state index in [4.69, 9.17) is 9.47 Å². The molecule has 0 unspecified atom stereocenters. The van der Waals surface area contributed by atoms with Crippen LogP contribution in [0.5, 0.6) is 17.4 Å². The van der Waals surface area contributed by atoms with Gasteiger partial charge in [0, 0.05) is 24.6 Å². The molecular formula is C24H26FN3O3. The van der Waals surface area contributed by atoms with E-state index in [0.717, 1.165) is 29.2 Å². The minimum absolute atomic E-state index is 0.0141. The van der Waals surface area contributed by atoms with Crippen LogP contribution in [0, 0.1) is 18.7 Å². The summed E-state index contributed by atoms with van der Waals surface area (Å²) in [6.45, 7) is 2.63. The first-order chi connectivity index (χ1) is 15.0. The molecule has 1 fully saturated rings. The van der Waals surface area contributed by atoms with Crippen molar-refractivity contribution in [1.82, 2.24) is 15.1 Å². The van der Waals surface area contributed by atoms with E-state index in [0.29, 0.717) is 30.4 Å². The zero-order valence-electron chi connectivity index (χ0n) is 17.7. The molecule has 3 aromatic rings. The number of halogens is 1. The fourth-order valence-electron chi connectivity index (χ4n) is 3.38. The Labute approximate surface area is 181 Å². The maximum Gasteiger partial charge on any atom is 0.226 e. The van der Waals surface area contributed by atoms with Gasteiger partial charge in [0.05, 0.1) is 18.5 Å². The fraction of sp³-hybridized carbons (Fsp3) is 0.333. The van der Waals surface area contributed by atoms with Gasteiger partial charge in [-0.3, -0.25) is 4.79 Å². The molecule has 1 amide bonds. The lowest BCUT2D eigenvalue weighted by atomic mass is 10.1. The quantitative estimate of drug-likeness (QED) is 0.547. The van der Waals surface area contributed by atoms with Crippen molar-refractivity contribution in [2.75, 3.05) is 13.7 Å². The summed E-state index contributed by atoms with van der Waals surface area (Å²) in [5.41, 5.74) is 2.36. The molecule has 0 saturated heterocycles. The number of carbonyl (C=O) groups excluding carboxylic acids is 1. The number of methoxy groups -OCH3 is 1. The lowest BCUT2D eigenvalue weighted by Gasteiger charge is -2.12. The number of ether oxygens (including phenoxy) is 2. The normalized spacial score (nSPS) is 13.1. The van der Waals surface area contributed by atoms with E-state index in [1.807, 2.05) is 31.2 Å². The number of carbonyl (C=O) groups is 1. The van der Waals surface area contributed by atoms with Crippen LogP contribution in [-0.2, 0) is 11.2 Å². The lowest BCUT2D eigenvalue weighted by molar-refractivity contribution is -0.121. The molecule has 0 bridgehead atoms. The van der Waals surface area contributed by atoms with Crippen molar-refractivity contribution < 1.29 is 18.7 Å². The molecule has 4 rings (SSSR count). The van der Waals surface area contributed by atoms with Gasteiger partial charge in [-0.15, -0.1) is 0 Å². The summed E-state index contributed by atoms with van der Waals surface area (Å²) in [7, 11) is 1.61. The second-order valence-corrected chi connectivity index (χ2v) is 7.79. The predicted octanol–water partition coefficient (Wildman–Crippen LogP) is 4.58. The predicted molar refractivity (Wildman–Crippen MR) is 115 cm³/mol. The molecule has 2 aromatic carbocycles. The summed E-state index contributed by atoms with van der Waals surface area (Å²) in [4.78, 5) is 12.3. The number of nitrogens with one attached hydrogen (secondary N) is 1. The molecule has 162 valence electrons. The second kappa shape index (κ2) is 9.20. The average Bonchev–Trinajstić information content (AvgIpc) is 3.55. The maximum atomic E-state index is 13.7. The van der Waals surface area contributed by atoms with E-state index in [1.54, 1.807) is 23.9 Å². The van der Waals surface area contributed by atoms with Gasteiger partial charge in [-0.25, -0.2) is 9.07 Å². The van der Waals surface area contributed by atoms with Gasteiger partial charge in [0.25, 0.3) is 0 Å². The molecule has 1 heterocycles. The summed E-state index contributed by atoms with van der Waals surface area (Å²) >= 11 is 0. The van der Waals surface area contributed by atoms with Crippen LogP contribution in [0.4, 0.5) is 4.39 Å². The molecule has 7 heteroatoms. The van der Waals surface area contributed by atoms with Crippen molar-refractivity contribution in [3.63, 3.8) is 0 Å². The Kier molecular flexibility index (Phi) is 6.21. The summed E-state index contributed by atoms with van der Waals surface area (Å²) < 4.78 is 26.7. The number of aryl methyl sites for hydroxylation is 1. The Morgan fingerprint density at radius 2 is 1.97 bits per heavy atom. The van der Waals surface area contributed by atoms with Gasteiger partial charge in [0.2, 0.25) is 11.8 Å². The van der Waals surface area contributed by atoms with E-state index in [-0.39, 0.29) is 11.7 Å². The third-order valence-corrected chi connectivity index (χ3v) is 5.35. The van der Waals surface area contributed by atoms with Crippen LogP contribution in [0.3, 0.4) is 0 Å². The maximum absolute atomic E-state index is 13.7. The van der Waals surface area contributed by atoms with Gasteiger partial charge in [0.1, 0.15) is 17.3 Å². The number of nitrogens with zero attached hydrogens (tertiary/aromatic N) is 2. The summed E-state index contributed by atoms with van der Waals surface area (Å²) in [6, 6.07) is 13.4. The highest BCUT2D eigenvalue weighted by Gasteiger charge is 2.23. The Hall–Kier alpha value is -3.35. The van der Waals surface area contributed by atoms with E-state index >= 15 is 0 Å². The summed E-state index contributed by atoms with van der Waals surface area (Å²) in [5.74, 6) is 1.84. The molecule has 1 aromatic heterocycles. The van der Waals surface area contributed by atoms with Crippen LogP contribution < -0.4 is 14.8 Å². The molecule has 0 atom stereocenters. The van der Waals surface area contributed by atoms with Crippen LogP contribution in [-0.4, -0.2) is 29.3 Å². The van der Waals surface area contributed by atoms with Crippen molar-refractivity contribution in [2.45, 2.75) is 32.6 Å². The first-order valence-electron chi connectivity index (χ1n) is 10.5. The van der Waals surface area contributed by atoms with Gasteiger partial charge in [-0.2, -0.15) is 5.10 Å². The minimum Gasteiger partial charge on any atom is -0.497 e. The van der Waals surface area contributed by atoms with Gasteiger partial charge >= 0.3 is 0 Å². The highest BCUT2D eigenvalue weighted by Crippen LogP contribution is 2.32. The van der Waals surface area contributed by atoms with Crippen molar-refractivity contribution in [3.8, 4) is 23.1 Å². The number of rotatable bonds is 9. The van der Waals surface area contributed by atoms with Crippen molar-refractivity contribution >= 4 is 5.91 Å². The molecule has 0 spiro atoms. The number of benzene rings is 2. The lowest BCUT2D eigenvalue weighted by Crippen LogP contribution is -2.25. The van der Waals surface area contributed by atoms with Gasteiger partial charge in [-0.05, 0) is 68.5 Å². The van der Waals surface area contributed by atoms with Crippen LogP contribution in [0.25, 0.3) is 5.69 Å². The van der Waals surface area contributed by atoms with Crippen LogP contribution in [0.15, 0.2) is 48.5 Å². The Morgan fingerprint density at radius 3 is 2.65 bits per heavy atom. The second-order valence-electron chi connectivity index (χ2n) is 7.79. The van der Waals surface area contributed by atoms with Crippen molar-refractivity contribution in [2.24, 2.45) is 5.92 Å². The Bertz CT molecular complexity index is 1060. The molecule has 1 aliphatic rings. The molecule has 31 heavy (non-hydrogen) atoms. The fourth-order valence-corrected chi connectivity index (χ4v) is 3.38. The largest absolute Gasteiger partial charge is 0.497 e. The van der Waals surface area contributed by atoms with Crippen molar-refractivity contribution in [1.29, 1.82) is 0 Å². The van der Waals surface area contributed by atoms with Gasteiger partial charge in [0.15, 0.2) is 0 Å². The summed E-state index contributed by atoms with van der Waals surface area (Å²) in [5, 5.41) is 7.63. The summed E-state index contributed by atoms with van der Waals surface area (Å²) in [6.07, 6.45) is 3.20. The molecule has 1 aliphatic carbocycles. The molecule has 1 N–H and O–H groups in total. The third kappa shape index (κ3) is 5.23. The van der Waals surface area contributed by atoms with Crippen LogP contribution >= 0.6 is 0 Å². The SMILES string of the molecule is COc1ccc(-n2nc(C)c(CCC(=O)NCC3CC3)c2Oc2cccc(F)c2)cc1. The van der Waals surface area contributed by atoms with Crippen LogP contribution in [0.2, 0.25) is 0 Å². The van der Waals surface area contributed by atoms with E-state index in [9.17, 15) is 9.18 Å². The van der Waals surface area contributed by atoms with Gasteiger partial charge < -0.3 is 14.8 Å². The highest BCUT2D eigenvalue weighted by molar-refractivity contribution is 5.76. The minimum atomic E-state index is -0.384. The van der Waals surface area contributed by atoms with Gasteiger partial charge in [-0.1, -0.05) is 6.07 Å². The Morgan fingerprint density at radius 1 is 1.19 bits per heavy atom. The number of aromatic nitrogens is 2. The number of hydrogen-bond acceptors (Lipinski definition) is 4. The van der Waals surface area contributed by atoms with E-state index in [1.165, 1.54) is 25.0 Å². The topological polar surface area (TPSA) is 65.4 Å². The zero-order chi connectivity index (χ0) is 21.8. The first-order valence-corrected chi connectivity index (χ1v) is 10.5. The highest BCUT2D eigenvalue weighted by atomic mass is 19.1. The molecule has 6 nitrogen and oxygen atoms in total. The Balaban J connectivity index is 1.61. The molecule has 0 aliphatic heterocycles. The van der Waals surface area contributed by atoms with E-state index in [2.05, 4.69) is 10.4 Å². The average molecular weight is 423 g/mol. The van der Waals surface area contributed by atoms with Crippen LogP contribution in [0.1, 0.15) is 30.5 Å². The standard InChI is InChI=1S/C24H26FN3O3/c1-16-22(12-13-23(29)26-15-17-6-7-17)24(31-21-5-3-4-18(25)14-21)28(27-16)19-8-10-20(30-2)11-9-19/h3-5,8-11,14,17H,6-7,12-13,15H2,1-2H3,(H,26,29). The molecule has 0 radical (unpaired) electrons. The first kappa shape index (κ1) is 20.9. The zero-order valence-corrected chi connectivity index (χ0v) is 17.7. The molecular weight excluding hydrogens is 397 g/mol. The monoisotopic (exact) mass is 423 g/mol. The smallest absolute Gasteiger partial charge is 0.226 e. The van der Waals surface area contributed by atoms with E-state index < -0.39 is 0 Å².